The molecule has 3 aromatic rings. The van der Waals surface area contributed by atoms with Gasteiger partial charge >= 0.3 is 6.36 Å². The number of methoxy groups -OCH3 is 1. The van der Waals surface area contributed by atoms with Crippen LogP contribution in [0.1, 0.15) is 24.0 Å². The van der Waals surface area contributed by atoms with Crippen molar-refractivity contribution in [2.75, 3.05) is 13.7 Å². The van der Waals surface area contributed by atoms with Crippen molar-refractivity contribution in [3.8, 4) is 34.1 Å². The Morgan fingerprint density at radius 2 is 1.75 bits per heavy atom. The summed E-state index contributed by atoms with van der Waals surface area (Å²) in [7, 11) is 1.30. The lowest BCUT2D eigenvalue weighted by atomic mass is 10.1. The van der Waals surface area contributed by atoms with Gasteiger partial charge in [0, 0.05) is 34.6 Å². The molecule has 0 saturated heterocycles. The molecule has 9 heteroatoms. The van der Waals surface area contributed by atoms with Crippen molar-refractivity contribution in [3.05, 3.63) is 47.4 Å². The molecular weight excluding hydrogens is 423 g/mol. The van der Waals surface area contributed by atoms with Gasteiger partial charge in [-0.25, -0.2) is 4.98 Å². The number of nitrogens with zero attached hydrogens (tertiary/aromatic N) is 3. The molecule has 1 aromatic carbocycles. The number of benzene rings is 1. The Bertz CT molecular complexity index is 1120. The number of hydrogen-bond donors (Lipinski definition) is 0. The van der Waals surface area contributed by atoms with E-state index in [-0.39, 0.29) is 11.9 Å². The van der Waals surface area contributed by atoms with Crippen LogP contribution in [0.15, 0.2) is 30.3 Å². The van der Waals surface area contributed by atoms with E-state index < -0.39 is 12.1 Å². The maximum atomic E-state index is 13.0. The molecule has 0 radical (unpaired) electrons. The number of alkyl halides is 3. The van der Waals surface area contributed by atoms with Crippen molar-refractivity contribution in [3.63, 3.8) is 0 Å². The minimum absolute atomic E-state index is 0.00831. The minimum atomic E-state index is -4.84. The van der Waals surface area contributed by atoms with Crippen molar-refractivity contribution in [1.29, 1.82) is 0 Å². The van der Waals surface area contributed by atoms with Crippen LogP contribution in [-0.2, 0) is 17.7 Å². The van der Waals surface area contributed by atoms with Gasteiger partial charge in [0.15, 0.2) is 11.5 Å². The summed E-state index contributed by atoms with van der Waals surface area (Å²) < 4.78 is 56.0. The Kier molecular flexibility index (Phi) is 5.85. The first kappa shape index (κ1) is 22.1. The number of rotatable bonds is 4. The summed E-state index contributed by atoms with van der Waals surface area (Å²) in [5.41, 5.74) is 4.90. The molecule has 2 aromatic heterocycles. The molecule has 0 aliphatic carbocycles. The van der Waals surface area contributed by atoms with Crippen molar-refractivity contribution < 1.29 is 27.4 Å². The lowest BCUT2D eigenvalue weighted by Gasteiger charge is -2.15. The van der Waals surface area contributed by atoms with Gasteiger partial charge in [-0.2, -0.15) is 0 Å². The van der Waals surface area contributed by atoms with E-state index in [2.05, 4.69) is 9.72 Å². The monoisotopic (exact) mass is 447 g/mol. The second-order valence-corrected chi connectivity index (χ2v) is 7.82. The fourth-order valence-electron chi connectivity index (χ4n) is 4.05. The number of aromatic nitrogens is 3. The molecule has 0 unspecified atom stereocenters. The number of ether oxygens (including phenoxy) is 3. The van der Waals surface area contributed by atoms with Gasteiger partial charge in [0.2, 0.25) is 0 Å². The SMILES string of the molecule is COc1ccc(-c2nc(-c3cc(C)nc(C)c3)c3n2C[C@@H](C)OCC3)cc1OC(F)(F)F. The van der Waals surface area contributed by atoms with Gasteiger partial charge in [-0.15, -0.1) is 13.2 Å². The molecule has 1 aliphatic heterocycles. The smallest absolute Gasteiger partial charge is 0.493 e. The first-order valence-electron chi connectivity index (χ1n) is 10.3. The fourth-order valence-corrected chi connectivity index (χ4v) is 4.05. The summed E-state index contributed by atoms with van der Waals surface area (Å²) in [5.74, 6) is 0.130. The molecule has 4 rings (SSSR count). The highest BCUT2D eigenvalue weighted by atomic mass is 19.4. The highest BCUT2D eigenvalue weighted by Crippen LogP contribution is 2.38. The average Bonchev–Trinajstić information content (AvgIpc) is 2.92. The van der Waals surface area contributed by atoms with E-state index in [4.69, 9.17) is 14.5 Å². The van der Waals surface area contributed by atoms with Crippen LogP contribution in [0.5, 0.6) is 11.5 Å². The molecule has 0 fully saturated rings. The van der Waals surface area contributed by atoms with Crippen LogP contribution in [0.3, 0.4) is 0 Å². The molecule has 170 valence electrons. The molecule has 0 spiro atoms. The van der Waals surface area contributed by atoms with Gasteiger partial charge in [0.1, 0.15) is 5.82 Å². The normalized spacial score (nSPS) is 16.4. The summed E-state index contributed by atoms with van der Waals surface area (Å²) in [6.07, 6.45) is -4.27. The van der Waals surface area contributed by atoms with E-state index in [0.717, 1.165) is 28.3 Å². The van der Waals surface area contributed by atoms with Crippen LogP contribution in [0, 0.1) is 13.8 Å². The maximum absolute atomic E-state index is 13.0. The van der Waals surface area contributed by atoms with Crippen molar-refractivity contribution in [2.45, 2.75) is 46.2 Å². The topological polar surface area (TPSA) is 58.4 Å². The molecule has 3 heterocycles. The predicted octanol–water partition coefficient (Wildman–Crippen LogP) is 5.10. The molecule has 1 aliphatic rings. The van der Waals surface area contributed by atoms with E-state index in [1.807, 2.05) is 37.5 Å². The molecule has 0 saturated carbocycles. The zero-order chi connectivity index (χ0) is 23.0. The van der Waals surface area contributed by atoms with Gasteiger partial charge in [-0.3, -0.25) is 4.98 Å². The Morgan fingerprint density at radius 3 is 2.41 bits per heavy atom. The second-order valence-electron chi connectivity index (χ2n) is 7.82. The quantitative estimate of drug-likeness (QED) is 0.557. The summed E-state index contributed by atoms with van der Waals surface area (Å²) in [6, 6.07) is 8.36. The summed E-state index contributed by atoms with van der Waals surface area (Å²) >= 11 is 0. The molecule has 0 bridgehead atoms. The van der Waals surface area contributed by atoms with E-state index >= 15 is 0 Å². The summed E-state index contributed by atoms with van der Waals surface area (Å²) in [5, 5.41) is 0. The highest BCUT2D eigenvalue weighted by molar-refractivity contribution is 5.70. The van der Waals surface area contributed by atoms with Crippen LogP contribution >= 0.6 is 0 Å². The largest absolute Gasteiger partial charge is 0.573 e. The first-order chi connectivity index (χ1) is 15.1. The van der Waals surface area contributed by atoms with Gasteiger partial charge in [0.05, 0.1) is 32.1 Å². The lowest BCUT2D eigenvalue weighted by molar-refractivity contribution is -0.275. The summed E-state index contributed by atoms with van der Waals surface area (Å²) in [6.45, 7) is 6.87. The number of aryl methyl sites for hydroxylation is 2. The fraction of sp³-hybridized carbons (Fsp3) is 0.391. The molecule has 6 nitrogen and oxygen atoms in total. The van der Waals surface area contributed by atoms with E-state index in [9.17, 15) is 13.2 Å². The standard InChI is InChI=1S/C23H24F3N3O3/c1-13-9-17(10-14(2)27-13)21-18-7-8-31-15(3)12-29(18)22(28-21)16-5-6-19(30-4)20(11-16)32-23(24,25)26/h5-6,9-11,15H,7-8,12H2,1-4H3/t15-/m1/s1. The van der Waals surface area contributed by atoms with E-state index in [1.54, 1.807) is 6.07 Å². The van der Waals surface area contributed by atoms with Crippen LogP contribution in [0.2, 0.25) is 0 Å². The van der Waals surface area contributed by atoms with Crippen LogP contribution < -0.4 is 9.47 Å². The summed E-state index contributed by atoms with van der Waals surface area (Å²) in [4.78, 5) is 9.32. The maximum Gasteiger partial charge on any atom is 0.573 e. The van der Waals surface area contributed by atoms with Crippen LogP contribution in [-0.4, -0.2) is 40.7 Å². The van der Waals surface area contributed by atoms with Crippen molar-refractivity contribution in [1.82, 2.24) is 14.5 Å². The van der Waals surface area contributed by atoms with Gasteiger partial charge < -0.3 is 18.8 Å². The number of pyridine rings is 1. The number of halogens is 3. The van der Waals surface area contributed by atoms with Gasteiger partial charge in [0.25, 0.3) is 0 Å². The van der Waals surface area contributed by atoms with E-state index in [1.165, 1.54) is 19.2 Å². The Morgan fingerprint density at radius 1 is 1.03 bits per heavy atom. The third-order valence-electron chi connectivity index (χ3n) is 5.26. The average molecular weight is 447 g/mol. The second kappa shape index (κ2) is 8.46. The third kappa shape index (κ3) is 4.57. The van der Waals surface area contributed by atoms with E-state index in [0.29, 0.717) is 31.0 Å². The number of hydrogen-bond acceptors (Lipinski definition) is 5. The van der Waals surface area contributed by atoms with Gasteiger partial charge in [-0.1, -0.05) is 0 Å². The Balaban J connectivity index is 1.89. The molecule has 1 atom stereocenters. The number of fused-ring (bicyclic) bond motifs is 1. The minimum Gasteiger partial charge on any atom is -0.493 e. The first-order valence-corrected chi connectivity index (χ1v) is 10.3. The predicted molar refractivity (Wildman–Crippen MR) is 113 cm³/mol. The zero-order valence-corrected chi connectivity index (χ0v) is 18.3. The van der Waals surface area contributed by atoms with Crippen molar-refractivity contribution in [2.24, 2.45) is 0 Å². The molecule has 0 N–H and O–H groups in total. The Labute approximate surface area is 184 Å². The van der Waals surface area contributed by atoms with Gasteiger partial charge in [-0.05, 0) is 51.1 Å². The lowest BCUT2D eigenvalue weighted by Crippen LogP contribution is -2.18. The Hall–Kier alpha value is -3.07. The number of imidazole rings is 1. The van der Waals surface area contributed by atoms with Crippen LogP contribution in [0.25, 0.3) is 22.6 Å². The van der Waals surface area contributed by atoms with Crippen molar-refractivity contribution >= 4 is 0 Å². The molecule has 0 amide bonds. The molecule has 32 heavy (non-hydrogen) atoms. The highest BCUT2D eigenvalue weighted by Gasteiger charge is 2.33. The van der Waals surface area contributed by atoms with Crippen LogP contribution in [0.4, 0.5) is 13.2 Å². The third-order valence-corrected chi connectivity index (χ3v) is 5.26. The molecular formula is C23H24F3N3O3. The zero-order valence-electron chi connectivity index (χ0n) is 18.3.